The number of hydrogen-bond acceptors (Lipinski definition) is 4. The Morgan fingerprint density at radius 3 is 2.92 bits per heavy atom. The molecule has 12 heavy (non-hydrogen) atoms. The fourth-order valence-electron chi connectivity index (χ4n) is 0.645. The highest BCUT2D eigenvalue weighted by atomic mass is 32.2. The molecular weight excluding hydrogens is 174 g/mol. The summed E-state index contributed by atoms with van der Waals surface area (Å²) >= 11 is 1.52. The number of rotatable bonds is 5. The van der Waals surface area contributed by atoms with Crippen LogP contribution in [0.4, 0.5) is 0 Å². The zero-order chi connectivity index (χ0) is 9.40. The molecule has 0 aromatic heterocycles. The first-order valence-electron chi connectivity index (χ1n) is 3.78. The zero-order valence-electron chi connectivity index (χ0n) is 7.37. The highest BCUT2D eigenvalue weighted by Crippen LogP contribution is 2.13. The molecule has 0 N–H and O–H groups in total. The minimum atomic E-state index is -0.197. The number of esters is 1. The third kappa shape index (κ3) is 5.03. The summed E-state index contributed by atoms with van der Waals surface area (Å²) in [6.45, 7) is 1.81. The van der Waals surface area contributed by atoms with E-state index in [0.29, 0.717) is 6.42 Å². The molecule has 0 saturated heterocycles. The van der Waals surface area contributed by atoms with Crippen LogP contribution in [0.2, 0.25) is 0 Å². The minimum Gasteiger partial charge on any atom is -0.468 e. The van der Waals surface area contributed by atoms with Gasteiger partial charge in [-0.3, -0.25) is 4.79 Å². The molecule has 1 unspecified atom stereocenters. The molecule has 0 aliphatic heterocycles. The maximum absolute atomic E-state index is 10.9. The molecule has 0 aliphatic rings. The van der Waals surface area contributed by atoms with Gasteiger partial charge < -0.3 is 4.74 Å². The van der Waals surface area contributed by atoms with Gasteiger partial charge in [0.25, 0.3) is 0 Å². The molecule has 0 fully saturated rings. The predicted octanol–water partition coefficient (Wildman–Crippen LogP) is 1.58. The van der Waals surface area contributed by atoms with E-state index in [-0.39, 0.29) is 11.2 Å². The van der Waals surface area contributed by atoms with Crippen LogP contribution in [-0.2, 0) is 9.53 Å². The van der Waals surface area contributed by atoms with Gasteiger partial charge in [-0.25, -0.2) is 0 Å². The summed E-state index contributed by atoms with van der Waals surface area (Å²) in [5.41, 5.74) is 0. The quantitative estimate of drug-likeness (QED) is 0.484. The van der Waals surface area contributed by atoms with Crippen LogP contribution in [-0.4, -0.2) is 24.1 Å². The van der Waals surface area contributed by atoms with E-state index in [1.165, 1.54) is 18.9 Å². The van der Waals surface area contributed by atoms with E-state index in [4.69, 9.17) is 5.26 Å². The van der Waals surface area contributed by atoms with Crippen molar-refractivity contribution < 1.29 is 9.53 Å². The van der Waals surface area contributed by atoms with Gasteiger partial charge in [-0.1, -0.05) is 0 Å². The Balaban J connectivity index is 3.38. The molecule has 3 nitrogen and oxygen atoms in total. The lowest BCUT2D eigenvalue weighted by atomic mass is 10.4. The Labute approximate surface area is 77.1 Å². The molecule has 0 heterocycles. The smallest absolute Gasteiger partial charge is 0.318 e. The fourth-order valence-corrected chi connectivity index (χ4v) is 1.54. The molecule has 0 spiro atoms. The fraction of sp³-hybridized carbons (Fsp3) is 0.750. The van der Waals surface area contributed by atoms with Crippen molar-refractivity contribution >= 4 is 17.7 Å². The summed E-state index contributed by atoms with van der Waals surface area (Å²) in [4.78, 5) is 10.9. The van der Waals surface area contributed by atoms with Gasteiger partial charge in [-0.2, -0.15) is 5.26 Å². The van der Waals surface area contributed by atoms with E-state index >= 15 is 0 Å². The van der Waals surface area contributed by atoms with Crippen LogP contribution in [0, 0.1) is 11.3 Å². The second-order valence-electron chi connectivity index (χ2n) is 2.30. The molecule has 0 aliphatic carbocycles. The second-order valence-corrected chi connectivity index (χ2v) is 3.75. The lowest BCUT2D eigenvalue weighted by molar-refractivity contribution is -0.139. The summed E-state index contributed by atoms with van der Waals surface area (Å²) in [5.74, 6) is 0.640. The molecule has 0 rings (SSSR count). The number of hydrogen-bond donors (Lipinski definition) is 0. The van der Waals surface area contributed by atoms with Crippen molar-refractivity contribution in [3.05, 3.63) is 0 Å². The van der Waals surface area contributed by atoms with Gasteiger partial charge in [0, 0.05) is 6.42 Å². The second kappa shape index (κ2) is 6.99. The summed E-state index contributed by atoms with van der Waals surface area (Å²) < 4.78 is 4.54. The van der Waals surface area contributed by atoms with E-state index in [1.807, 2.05) is 6.92 Å². The minimum absolute atomic E-state index is 0.117. The van der Waals surface area contributed by atoms with Crippen LogP contribution in [0.25, 0.3) is 0 Å². The van der Waals surface area contributed by atoms with E-state index in [2.05, 4.69) is 10.8 Å². The first kappa shape index (κ1) is 11.3. The number of carbonyl (C=O) groups excluding carboxylic acids is 1. The van der Waals surface area contributed by atoms with Gasteiger partial charge in [-0.15, -0.1) is 11.8 Å². The monoisotopic (exact) mass is 187 g/mol. The molecule has 0 bridgehead atoms. The normalized spacial score (nSPS) is 11.8. The lowest BCUT2D eigenvalue weighted by Crippen LogP contribution is -2.15. The molecule has 0 aromatic rings. The Kier molecular flexibility index (Phi) is 6.58. The first-order chi connectivity index (χ1) is 5.72. The topological polar surface area (TPSA) is 50.1 Å². The molecular formula is C8H13NO2S. The number of nitrogens with zero attached hydrogens (tertiary/aromatic N) is 1. The average molecular weight is 187 g/mol. The van der Waals surface area contributed by atoms with Crippen molar-refractivity contribution in [2.24, 2.45) is 0 Å². The summed E-state index contributed by atoms with van der Waals surface area (Å²) in [6, 6.07) is 2.06. The van der Waals surface area contributed by atoms with Crippen molar-refractivity contribution in [2.45, 2.75) is 25.0 Å². The van der Waals surface area contributed by atoms with Crippen molar-refractivity contribution in [2.75, 3.05) is 12.9 Å². The maximum atomic E-state index is 10.9. The van der Waals surface area contributed by atoms with Gasteiger partial charge in [0.2, 0.25) is 0 Å². The molecule has 0 amide bonds. The van der Waals surface area contributed by atoms with Crippen LogP contribution >= 0.6 is 11.8 Å². The van der Waals surface area contributed by atoms with Crippen LogP contribution in [0.5, 0.6) is 0 Å². The maximum Gasteiger partial charge on any atom is 0.318 e. The third-order valence-corrected chi connectivity index (χ3v) is 2.55. The Morgan fingerprint density at radius 2 is 2.42 bits per heavy atom. The van der Waals surface area contributed by atoms with Gasteiger partial charge >= 0.3 is 5.97 Å². The van der Waals surface area contributed by atoms with Crippen molar-refractivity contribution in [3.8, 4) is 6.07 Å². The molecule has 0 aromatic carbocycles. The molecule has 0 saturated carbocycles. The number of carbonyl (C=O) groups is 1. The number of methoxy groups -OCH3 is 1. The van der Waals surface area contributed by atoms with Crippen molar-refractivity contribution in [3.63, 3.8) is 0 Å². The van der Waals surface area contributed by atoms with Gasteiger partial charge in [0.05, 0.1) is 18.4 Å². The van der Waals surface area contributed by atoms with E-state index in [9.17, 15) is 4.79 Å². The Hall–Kier alpha value is -0.690. The van der Waals surface area contributed by atoms with Crippen LogP contribution in [0.3, 0.4) is 0 Å². The van der Waals surface area contributed by atoms with Crippen molar-refractivity contribution in [1.82, 2.24) is 0 Å². The van der Waals surface area contributed by atoms with Crippen LogP contribution in [0.1, 0.15) is 19.8 Å². The Morgan fingerprint density at radius 1 is 1.75 bits per heavy atom. The molecule has 4 heteroatoms. The van der Waals surface area contributed by atoms with E-state index in [1.54, 1.807) is 0 Å². The van der Waals surface area contributed by atoms with Crippen LogP contribution < -0.4 is 0 Å². The first-order valence-corrected chi connectivity index (χ1v) is 4.83. The SMILES string of the molecule is COC(=O)C(C)SCCCC#N. The van der Waals surface area contributed by atoms with E-state index < -0.39 is 0 Å². The summed E-state index contributed by atoms with van der Waals surface area (Å²) in [6.07, 6.45) is 1.39. The third-order valence-electron chi connectivity index (χ3n) is 1.33. The number of nitriles is 1. The standard InChI is InChI=1S/C8H13NO2S/c1-7(8(10)11-2)12-6-4-3-5-9/h7H,3-4,6H2,1-2H3. The molecule has 0 radical (unpaired) electrons. The molecule has 68 valence electrons. The van der Waals surface area contributed by atoms with Gasteiger partial charge in [0.1, 0.15) is 0 Å². The average Bonchev–Trinajstić information content (AvgIpc) is 2.10. The number of ether oxygens (including phenoxy) is 1. The number of thioether (sulfide) groups is 1. The zero-order valence-corrected chi connectivity index (χ0v) is 8.19. The van der Waals surface area contributed by atoms with Gasteiger partial charge in [0.15, 0.2) is 0 Å². The van der Waals surface area contributed by atoms with Gasteiger partial charge in [-0.05, 0) is 19.1 Å². The number of unbranched alkanes of at least 4 members (excludes halogenated alkanes) is 1. The van der Waals surface area contributed by atoms with Crippen LogP contribution in [0.15, 0.2) is 0 Å². The predicted molar refractivity (Wildman–Crippen MR) is 48.8 cm³/mol. The largest absolute Gasteiger partial charge is 0.468 e. The summed E-state index contributed by atoms with van der Waals surface area (Å²) in [5, 5.41) is 8.12. The van der Waals surface area contributed by atoms with Crippen molar-refractivity contribution in [1.29, 1.82) is 5.26 Å². The van der Waals surface area contributed by atoms with E-state index in [0.717, 1.165) is 12.2 Å². The molecule has 1 atom stereocenters. The summed E-state index contributed by atoms with van der Waals surface area (Å²) in [7, 11) is 1.38. The lowest BCUT2D eigenvalue weighted by Gasteiger charge is -2.06. The Bertz CT molecular complexity index is 176. The highest BCUT2D eigenvalue weighted by Gasteiger charge is 2.12. The highest BCUT2D eigenvalue weighted by molar-refractivity contribution is 8.00.